The molecule has 8 heteroatoms. The highest BCUT2D eigenvalue weighted by Gasteiger charge is 2.13. The van der Waals surface area contributed by atoms with Gasteiger partial charge in [-0.25, -0.2) is 4.98 Å². The predicted molar refractivity (Wildman–Crippen MR) is 95.5 cm³/mol. The van der Waals surface area contributed by atoms with Crippen LogP contribution in [0, 0.1) is 13.8 Å². The second-order valence-electron chi connectivity index (χ2n) is 4.78. The topological polar surface area (TPSA) is 67.8 Å². The molecule has 0 fully saturated rings. The van der Waals surface area contributed by atoms with Gasteiger partial charge < -0.3 is 0 Å². The second kappa shape index (κ2) is 7.20. The van der Waals surface area contributed by atoms with Gasteiger partial charge in [0.05, 0.1) is 0 Å². The van der Waals surface area contributed by atoms with Gasteiger partial charge in [-0.2, -0.15) is 0 Å². The van der Waals surface area contributed by atoms with Crippen molar-refractivity contribution in [2.24, 2.45) is 0 Å². The molecule has 0 aliphatic heterocycles. The third kappa shape index (κ3) is 4.15. The summed E-state index contributed by atoms with van der Waals surface area (Å²) in [6.45, 7) is 3.83. The lowest BCUT2D eigenvalue weighted by Gasteiger charge is -2.07. The molecule has 0 unspecified atom stereocenters. The number of nitrogens with zero attached hydrogens (tertiary/aromatic N) is 3. The average Bonchev–Trinajstić information content (AvgIpc) is 3.14. The number of hydrogen-bond donors (Lipinski definition) is 1. The van der Waals surface area contributed by atoms with E-state index in [0.29, 0.717) is 16.4 Å². The number of thioether (sulfide) groups is 1. The summed E-state index contributed by atoms with van der Waals surface area (Å²) < 4.78 is 1.01. The SMILES string of the molecule is Cc1csc(SCc2ccccc2C(=O)Nc2nnc(C)s2)n1. The molecule has 0 bridgehead atoms. The molecule has 3 rings (SSSR count). The molecule has 2 heterocycles. The molecule has 2 aromatic heterocycles. The summed E-state index contributed by atoms with van der Waals surface area (Å²) >= 11 is 4.62. The van der Waals surface area contributed by atoms with Crippen molar-refractivity contribution in [3.8, 4) is 0 Å². The van der Waals surface area contributed by atoms with E-state index in [2.05, 4.69) is 20.5 Å². The number of rotatable bonds is 5. The van der Waals surface area contributed by atoms with Crippen molar-refractivity contribution in [2.45, 2.75) is 23.9 Å². The summed E-state index contributed by atoms with van der Waals surface area (Å²) in [5.74, 6) is 0.541. The first kappa shape index (κ1) is 16.1. The number of aromatic nitrogens is 3. The molecule has 1 amide bonds. The highest BCUT2D eigenvalue weighted by molar-refractivity contribution is 8.00. The zero-order valence-corrected chi connectivity index (χ0v) is 15.0. The van der Waals surface area contributed by atoms with Crippen LogP contribution in [0.1, 0.15) is 26.6 Å². The van der Waals surface area contributed by atoms with Gasteiger partial charge in [0.25, 0.3) is 5.91 Å². The minimum absolute atomic E-state index is 0.160. The third-order valence-corrected chi connectivity index (χ3v) is 5.90. The van der Waals surface area contributed by atoms with Gasteiger partial charge in [-0.3, -0.25) is 10.1 Å². The predicted octanol–water partition coefficient (Wildman–Crippen LogP) is 4.16. The highest BCUT2D eigenvalue weighted by atomic mass is 32.2. The number of benzene rings is 1. The molecule has 0 aliphatic carbocycles. The Hall–Kier alpha value is -1.77. The molecule has 1 N–H and O–H groups in total. The van der Waals surface area contributed by atoms with Crippen LogP contribution in [0.4, 0.5) is 5.13 Å². The van der Waals surface area contributed by atoms with E-state index >= 15 is 0 Å². The molecule has 0 atom stereocenters. The minimum atomic E-state index is -0.160. The van der Waals surface area contributed by atoms with Crippen molar-refractivity contribution >= 4 is 45.5 Å². The highest BCUT2D eigenvalue weighted by Crippen LogP contribution is 2.27. The van der Waals surface area contributed by atoms with Crippen LogP contribution in [0.3, 0.4) is 0 Å². The number of hydrogen-bond acceptors (Lipinski definition) is 7. The molecular formula is C15H14N4OS3. The lowest BCUT2D eigenvalue weighted by Crippen LogP contribution is -2.13. The first-order chi connectivity index (χ1) is 11.1. The fourth-order valence-electron chi connectivity index (χ4n) is 1.92. The quantitative estimate of drug-likeness (QED) is 0.690. The van der Waals surface area contributed by atoms with Crippen molar-refractivity contribution < 1.29 is 4.79 Å². The average molecular weight is 363 g/mol. The van der Waals surface area contributed by atoms with E-state index in [-0.39, 0.29) is 5.91 Å². The number of carbonyl (C=O) groups excluding carboxylic acids is 1. The molecule has 23 heavy (non-hydrogen) atoms. The summed E-state index contributed by atoms with van der Waals surface area (Å²) in [5, 5.41) is 14.0. The zero-order chi connectivity index (χ0) is 16.2. The van der Waals surface area contributed by atoms with Gasteiger partial charge in [-0.15, -0.1) is 21.5 Å². The maximum Gasteiger partial charge on any atom is 0.257 e. The molecule has 0 aliphatic rings. The Morgan fingerprint density at radius 1 is 1.26 bits per heavy atom. The lowest BCUT2D eigenvalue weighted by molar-refractivity contribution is 0.102. The molecular weight excluding hydrogens is 348 g/mol. The van der Waals surface area contributed by atoms with E-state index in [9.17, 15) is 4.79 Å². The maximum atomic E-state index is 12.5. The van der Waals surface area contributed by atoms with Gasteiger partial charge in [-0.1, -0.05) is 41.3 Å². The minimum Gasteiger partial charge on any atom is -0.296 e. The van der Waals surface area contributed by atoms with E-state index in [1.165, 1.54) is 11.3 Å². The van der Waals surface area contributed by atoms with Crippen molar-refractivity contribution in [3.63, 3.8) is 0 Å². The summed E-state index contributed by atoms with van der Waals surface area (Å²) in [6, 6.07) is 7.59. The normalized spacial score (nSPS) is 10.7. The molecule has 0 spiro atoms. The van der Waals surface area contributed by atoms with Crippen molar-refractivity contribution in [3.05, 3.63) is 51.5 Å². The van der Waals surface area contributed by atoms with Crippen LogP contribution < -0.4 is 5.32 Å². The number of anilines is 1. The Labute approximate surface area is 146 Å². The fraction of sp³-hybridized carbons (Fsp3) is 0.200. The Balaban J connectivity index is 1.73. The van der Waals surface area contributed by atoms with Gasteiger partial charge in [-0.05, 0) is 25.5 Å². The standard InChI is InChI=1S/C15H14N4OS3/c1-9-7-21-15(16-9)22-8-11-5-3-4-6-12(11)13(20)17-14-19-18-10(2)23-14/h3-7H,8H2,1-2H3,(H,17,19,20). The molecule has 5 nitrogen and oxygen atoms in total. The molecule has 0 saturated heterocycles. The summed E-state index contributed by atoms with van der Waals surface area (Å²) in [4.78, 5) is 16.9. The number of carbonyl (C=O) groups is 1. The molecule has 0 saturated carbocycles. The molecule has 0 radical (unpaired) electrons. The number of aryl methyl sites for hydroxylation is 2. The van der Waals surface area contributed by atoms with Gasteiger partial charge in [0, 0.05) is 22.4 Å². The van der Waals surface area contributed by atoms with Gasteiger partial charge >= 0.3 is 0 Å². The number of nitrogens with one attached hydrogen (secondary N) is 1. The monoisotopic (exact) mass is 362 g/mol. The molecule has 118 valence electrons. The van der Waals surface area contributed by atoms with E-state index in [1.54, 1.807) is 23.1 Å². The van der Waals surface area contributed by atoms with Crippen LogP contribution >= 0.6 is 34.4 Å². The zero-order valence-electron chi connectivity index (χ0n) is 12.6. The van der Waals surface area contributed by atoms with Crippen LogP contribution in [0.25, 0.3) is 0 Å². The fourth-order valence-corrected chi connectivity index (χ4v) is 4.36. The maximum absolute atomic E-state index is 12.5. The van der Waals surface area contributed by atoms with Crippen LogP contribution in [0.15, 0.2) is 34.0 Å². The number of amides is 1. The second-order valence-corrected chi connectivity index (χ2v) is 8.04. The summed E-state index contributed by atoms with van der Waals surface area (Å²) in [6.07, 6.45) is 0. The molecule has 1 aromatic carbocycles. The van der Waals surface area contributed by atoms with Crippen molar-refractivity contribution in [2.75, 3.05) is 5.32 Å². The Morgan fingerprint density at radius 3 is 2.78 bits per heavy atom. The van der Waals surface area contributed by atoms with E-state index in [0.717, 1.165) is 20.6 Å². The van der Waals surface area contributed by atoms with E-state index < -0.39 is 0 Å². The van der Waals surface area contributed by atoms with E-state index in [1.807, 2.05) is 43.5 Å². The number of thiazole rings is 1. The Bertz CT molecular complexity index is 828. The first-order valence-corrected chi connectivity index (χ1v) is 9.54. The van der Waals surface area contributed by atoms with Gasteiger partial charge in [0.2, 0.25) is 5.13 Å². The Morgan fingerprint density at radius 2 is 2.09 bits per heavy atom. The summed E-state index contributed by atoms with van der Waals surface area (Å²) in [5.41, 5.74) is 2.65. The largest absolute Gasteiger partial charge is 0.296 e. The van der Waals surface area contributed by atoms with Crippen LogP contribution in [0.2, 0.25) is 0 Å². The Kier molecular flexibility index (Phi) is 5.04. The van der Waals surface area contributed by atoms with Crippen molar-refractivity contribution in [1.82, 2.24) is 15.2 Å². The van der Waals surface area contributed by atoms with Gasteiger partial charge in [0.15, 0.2) is 0 Å². The summed E-state index contributed by atoms with van der Waals surface area (Å²) in [7, 11) is 0. The third-order valence-electron chi connectivity index (χ3n) is 2.96. The molecule has 3 aromatic rings. The smallest absolute Gasteiger partial charge is 0.257 e. The van der Waals surface area contributed by atoms with Crippen molar-refractivity contribution in [1.29, 1.82) is 0 Å². The lowest BCUT2D eigenvalue weighted by atomic mass is 10.1. The first-order valence-electron chi connectivity index (χ1n) is 6.86. The van der Waals surface area contributed by atoms with Crippen LogP contribution in [0.5, 0.6) is 0 Å². The van der Waals surface area contributed by atoms with Crippen LogP contribution in [-0.4, -0.2) is 21.1 Å². The van der Waals surface area contributed by atoms with E-state index in [4.69, 9.17) is 0 Å². The van der Waals surface area contributed by atoms with Crippen LogP contribution in [-0.2, 0) is 5.75 Å². The van der Waals surface area contributed by atoms with Gasteiger partial charge in [0.1, 0.15) is 9.35 Å².